The van der Waals surface area contributed by atoms with Crippen molar-refractivity contribution in [2.24, 2.45) is 0 Å². The molecule has 2 N–H and O–H groups in total. The van der Waals surface area contributed by atoms with Gasteiger partial charge in [0.15, 0.2) is 0 Å². The molecule has 0 saturated heterocycles. The highest BCUT2D eigenvalue weighted by Gasteiger charge is 2.15. The summed E-state index contributed by atoms with van der Waals surface area (Å²) in [7, 11) is -3.74. The van der Waals surface area contributed by atoms with Crippen molar-refractivity contribution in [3.8, 4) is 0 Å². The van der Waals surface area contributed by atoms with Crippen molar-refractivity contribution in [1.82, 2.24) is 9.71 Å². The minimum absolute atomic E-state index is 0.0966. The Balaban J connectivity index is 3.03. The summed E-state index contributed by atoms with van der Waals surface area (Å²) in [5.74, 6) is 0. The van der Waals surface area contributed by atoms with Gasteiger partial charge in [0.05, 0.1) is 4.90 Å². The van der Waals surface area contributed by atoms with Crippen LogP contribution in [0.5, 0.6) is 0 Å². The standard InChI is InChI=1S/C8H8Cl2N2O3S/c1-5(9)3-12-16(14,15)6-2-7(10)8(13)11-4-6/h2,4,12H,1,3H2,(H,11,13). The van der Waals surface area contributed by atoms with Crippen molar-refractivity contribution >= 4 is 33.2 Å². The van der Waals surface area contributed by atoms with Gasteiger partial charge in [-0.1, -0.05) is 29.8 Å². The molecule has 0 aliphatic carbocycles. The SMILES string of the molecule is C=C(Cl)CNS(=O)(=O)c1c[nH]c(=O)c(Cl)c1. The van der Waals surface area contributed by atoms with E-state index in [0.717, 1.165) is 12.3 Å². The highest BCUT2D eigenvalue weighted by molar-refractivity contribution is 7.89. The van der Waals surface area contributed by atoms with Crippen molar-refractivity contribution in [2.45, 2.75) is 4.90 Å². The molecule has 0 spiro atoms. The third-order valence-corrected chi connectivity index (χ3v) is 3.39. The summed E-state index contributed by atoms with van der Waals surface area (Å²) in [4.78, 5) is 13.0. The van der Waals surface area contributed by atoms with Gasteiger partial charge in [-0.3, -0.25) is 4.79 Å². The van der Waals surface area contributed by atoms with E-state index in [9.17, 15) is 13.2 Å². The fourth-order valence-electron chi connectivity index (χ4n) is 0.850. The number of aromatic nitrogens is 1. The van der Waals surface area contributed by atoms with E-state index in [-0.39, 0.29) is 21.5 Å². The van der Waals surface area contributed by atoms with Crippen molar-refractivity contribution in [3.63, 3.8) is 0 Å². The Morgan fingerprint density at radius 3 is 2.69 bits per heavy atom. The van der Waals surface area contributed by atoms with Gasteiger partial charge in [0, 0.05) is 17.8 Å². The molecule has 0 atom stereocenters. The fourth-order valence-corrected chi connectivity index (χ4v) is 2.25. The molecule has 16 heavy (non-hydrogen) atoms. The van der Waals surface area contributed by atoms with Crippen molar-refractivity contribution in [3.05, 3.63) is 39.3 Å². The second kappa shape index (κ2) is 5.01. The first-order valence-corrected chi connectivity index (χ1v) is 6.28. The van der Waals surface area contributed by atoms with E-state index in [0.29, 0.717) is 0 Å². The summed E-state index contributed by atoms with van der Waals surface area (Å²) in [6.45, 7) is 3.24. The van der Waals surface area contributed by atoms with Crippen LogP contribution in [0.3, 0.4) is 0 Å². The second-order valence-electron chi connectivity index (χ2n) is 2.85. The average molecular weight is 283 g/mol. The van der Waals surface area contributed by atoms with E-state index in [1.807, 2.05) is 0 Å². The molecule has 5 nitrogen and oxygen atoms in total. The third kappa shape index (κ3) is 3.34. The van der Waals surface area contributed by atoms with Gasteiger partial charge >= 0.3 is 0 Å². The summed E-state index contributed by atoms with van der Waals surface area (Å²) in [6.07, 6.45) is 1.05. The Kier molecular flexibility index (Phi) is 4.15. The number of hydrogen-bond acceptors (Lipinski definition) is 3. The predicted octanol–water partition coefficient (Wildman–Crippen LogP) is 1.06. The maximum Gasteiger partial charge on any atom is 0.266 e. The van der Waals surface area contributed by atoms with Crippen LogP contribution in [0.25, 0.3) is 0 Å². The minimum atomic E-state index is -3.74. The number of aromatic amines is 1. The predicted molar refractivity (Wildman–Crippen MR) is 62.3 cm³/mol. The van der Waals surface area contributed by atoms with Crippen LogP contribution < -0.4 is 10.3 Å². The lowest BCUT2D eigenvalue weighted by atomic mass is 10.5. The maximum atomic E-state index is 11.6. The Hall–Kier alpha value is -0.820. The van der Waals surface area contributed by atoms with Crippen LogP contribution in [0.4, 0.5) is 0 Å². The van der Waals surface area contributed by atoms with E-state index >= 15 is 0 Å². The highest BCUT2D eigenvalue weighted by Crippen LogP contribution is 2.10. The van der Waals surface area contributed by atoms with Gasteiger partial charge in [-0.15, -0.1) is 0 Å². The van der Waals surface area contributed by atoms with Gasteiger partial charge in [0.25, 0.3) is 5.56 Å². The topological polar surface area (TPSA) is 79.0 Å². The molecule has 1 rings (SSSR count). The van der Waals surface area contributed by atoms with E-state index < -0.39 is 15.6 Å². The van der Waals surface area contributed by atoms with Gasteiger partial charge in [-0.05, 0) is 6.07 Å². The molecule has 0 unspecified atom stereocenters. The highest BCUT2D eigenvalue weighted by atomic mass is 35.5. The smallest absolute Gasteiger partial charge is 0.266 e. The fraction of sp³-hybridized carbons (Fsp3) is 0.125. The normalized spacial score (nSPS) is 11.4. The molecule has 88 valence electrons. The average Bonchev–Trinajstić information content (AvgIpc) is 2.19. The zero-order chi connectivity index (χ0) is 12.3. The molecule has 0 radical (unpaired) electrons. The molecule has 0 aliphatic rings. The van der Waals surface area contributed by atoms with E-state index in [2.05, 4.69) is 16.3 Å². The van der Waals surface area contributed by atoms with Gasteiger partial charge < -0.3 is 4.98 Å². The third-order valence-electron chi connectivity index (χ3n) is 1.60. The molecular weight excluding hydrogens is 275 g/mol. The zero-order valence-electron chi connectivity index (χ0n) is 7.96. The van der Waals surface area contributed by atoms with Gasteiger partial charge in [0.2, 0.25) is 10.0 Å². The van der Waals surface area contributed by atoms with Crippen LogP contribution in [-0.4, -0.2) is 19.9 Å². The summed E-state index contributed by atoms with van der Waals surface area (Å²) < 4.78 is 25.4. The number of rotatable bonds is 4. The first-order valence-electron chi connectivity index (χ1n) is 4.04. The molecule has 1 aromatic heterocycles. The van der Waals surface area contributed by atoms with E-state index in [1.165, 1.54) is 0 Å². The minimum Gasteiger partial charge on any atom is -0.326 e. The largest absolute Gasteiger partial charge is 0.326 e. The number of hydrogen-bond donors (Lipinski definition) is 2. The van der Waals surface area contributed by atoms with Gasteiger partial charge in [-0.25, -0.2) is 13.1 Å². The molecule has 0 bridgehead atoms. The van der Waals surface area contributed by atoms with Crippen LogP contribution in [0.2, 0.25) is 5.02 Å². The summed E-state index contributed by atoms with van der Waals surface area (Å²) in [6, 6.07) is 1.06. The van der Waals surface area contributed by atoms with Crippen LogP contribution >= 0.6 is 23.2 Å². The molecule has 0 amide bonds. The monoisotopic (exact) mass is 282 g/mol. The Morgan fingerprint density at radius 1 is 1.56 bits per heavy atom. The maximum absolute atomic E-state index is 11.6. The Labute approximate surface area is 102 Å². The quantitative estimate of drug-likeness (QED) is 0.867. The molecule has 0 aliphatic heterocycles. The lowest BCUT2D eigenvalue weighted by Crippen LogP contribution is -2.25. The number of sulfonamides is 1. The Morgan fingerprint density at radius 2 is 2.19 bits per heavy atom. The molecule has 0 aromatic carbocycles. The zero-order valence-corrected chi connectivity index (χ0v) is 10.3. The van der Waals surface area contributed by atoms with Crippen molar-refractivity contribution in [1.29, 1.82) is 0 Å². The molecule has 1 aromatic rings. The molecule has 0 fully saturated rings. The number of pyridine rings is 1. The van der Waals surface area contributed by atoms with Gasteiger partial charge in [-0.2, -0.15) is 0 Å². The number of halogens is 2. The van der Waals surface area contributed by atoms with Crippen LogP contribution in [-0.2, 0) is 10.0 Å². The summed E-state index contributed by atoms with van der Waals surface area (Å²) in [5, 5.41) is -0.0494. The van der Waals surface area contributed by atoms with Crippen molar-refractivity contribution < 1.29 is 8.42 Å². The second-order valence-corrected chi connectivity index (χ2v) is 5.56. The van der Waals surface area contributed by atoms with E-state index in [1.54, 1.807) is 0 Å². The lowest BCUT2D eigenvalue weighted by Gasteiger charge is -2.05. The molecule has 1 heterocycles. The first kappa shape index (κ1) is 13.2. The van der Waals surface area contributed by atoms with E-state index in [4.69, 9.17) is 23.2 Å². The number of nitrogens with one attached hydrogen (secondary N) is 2. The molecule has 8 heteroatoms. The lowest BCUT2D eigenvalue weighted by molar-refractivity contribution is 0.585. The van der Waals surface area contributed by atoms with Crippen LogP contribution in [0, 0.1) is 0 Å². The van der Waals surface area contributed by atoms with Crippen molar-refractivity contribution in [2.75, 3.05) is 6.54 Å². The molecule has 0 saturated carbocycles. The number of H-pyrrole nitrogens is 1. The summed E-state index contributed by atoms with van der Waals surface area (Å²) in [5.41, 5.74) is -0.553. The Bertz CT molecular complexity index is 565. The van der Waals surface area contributed by atoms with Gasteiger partial charge in [0.1, 0.15) is 5.02 Å². The first-order chi connectivity index (χ1) is 7.33. The van der Waals surface area contributed by atoms with Crippen LogP contribution in [0.15, 0.2) is 33.6 Å². The summed E-state index contributed by atoms with van der Waals surface area (Å²) >= 11 is 10.9. The van der Waals surface area contributed by atoms with Crippen LogP contribution in [0.1, 0.15) is 0 Å². The molecular formula is C8H8Cl2N2O3S.